The highest BCUT2D eigenvalue weighted by atomic mass is 16.5. The van der Waals surface area contributed by atoms with E-state index in [4.69, 9.17) is 10.5 Å². The Morgan fingerprint density at radius 2 is 2.06 bits per heavy atom. The second-order valence-corrected chi connectivity index (χ2v) is 4.67. The molecule has 0 spiro atoms. The first-order valence-corrected chi connectivity index (χ1v) is 6.18. The molecule has 1 amide bonds. The predicted octanol–water partition coefficient (Wildman–Crippen LogP) is 2.00. The molecule has 1 aromatic carbocycles. The smallest absolute Gasteiger partial charge is 0.229 e. The average molecular weight is 250 g/mol. The van der Waals surface area contributed by atoms with Gasteiger partial charge in [-0.2, -0.15) is 0 Å². The number of benzene rings is 1. The van der Waals surface area contributed by atoms with Gasteiger partial charge in [0.15, 0.2) is 0 Å². The Balaban J connectivity index is 2.80. The van der Waals surface area contributed by atoms with Crippen LogP contribution < -0.4 is 11.1 Å². The minimum atomic E-state index is -0.166. The lowest BCUT2D eigenvalue weighted by Gasteiger charge is -2.19. The zero-order valence-corrected chi connectivity index (χ0v) is 11.3. The maximum Gasteiger partial charge on any atom is 0.229 e. The summed E-state index contributed by atoms with van der Waals surface area (Å²) in [5.41, 5.74) is 7.40. The van der Waals surface area contributed by atoms with Gasteiger partial charge in [0.05, 0.1) is 12.5 Å². The van der Waals surface area contributed by atoms with Crippen molar-refractivity contribution in [3.05, 3.63) is 29.8 Å². The van der Waals surface area contributed by atoms with Gasteiger partial charge in [-0.05, 0) is 12.0 Å². The van der Waals surface area contributed by atoms with E-state index in [0.717, 1.165) is 11.3 Å². The first-order valence-electron chi connectivity index (χ1n) is 6.18. The van der Waals surface area contributed by atoms with Crippen LogP contribution in [-0.2, 0) is 16.1 Å². The molecule has 4 nitrogen and oxygen atoms in total. The summed E-state index contributed by atoms with van der Waals surface area (Å²) < 4.78 is 5.11. The Bertz CT molecular complexity index is 391. The number of amides is 1. The molecule has 0 aromatic heterocycles. The third-order valence-corrected chi connectivity index (χ3v) is 2.97. The molecule has 1 atom stereocenters. The molecule has 0 saturated carbocycles. The van der Waals surface area contributed by atoms with Gasteiger partial charge < -0.3 is 15.8 Å². The Labute approximate surface area is 109 Å². The van der Waals surface area contributed by atoms with Crippen LogP contribution in [0.15, 0.2) is 24.3 Å². The summed E-state index contributed by atoms with van der Waals surface area (Å²) in [6, 6.07) is 7.63. The molecular weight excluding hydrogens is 228 g/mol. The van der Waals surface area contributed by atoms with Crippen LogP contribution in [0.5, 0.6) is 0 Å². The molecule has 4 heteroatoms. The van der Waals surface area contributed by atoms with E-state index in [9.17, 15) is 4.79 Å². The molecule has 0 aliphatic heterocycles. The molecule has 1 unspecified atom stereocenters. The van der Waals surface area contributed by atoms with Crippen molar-refractivity contribution in [2.75, 3.05) is 19.0 Å². The number of hydrogen-bond acceptors (Lipinski definition) is 3. The Morgan fingerprint density at radius 1 is 1.39 bits per heavy atom. The third kappa shape index (κ3) is 3.82. The molecule has 0 aliphatic carbocycles. The number of carbonyl (C=O) groups is 1. The minimum absolute atomic E-state index is 0.0314. The molecule has 0 heterocycles. The molecule has 1 rings (SSSR count). The number of para-hydroxylation sites is 1. The highest BCUT2D eigenvalue weighted by Crippen LogP contribution is 2.18. The van der Waals surface area contributed by atoms with Crippen molar-refractivity contribution in [1.82, 2.24) is 0 Å². The number of hydrogen-bond donors (Lipinski definition) is 2. The summed E-state index contributed by atoms with van der Waals surface area (Å²) in [5, 5.41) is 2.93. The van der Waals surface area contributed by atoms with Gasteiger partial charge in [-0.3, -0.25) is 4.79 Å². The maximum absolute atomic E-state index is 12.1. The predicted molar refractivity (Wildman–Crippen MR) is 73.2 cm³/mol. The summed E-state index contributed by atoms with van der Waals surface area (Å²) >= 11 is 0. The molecule has 0 fully saturated rings. The number of nitrogens with one attached hydrogen (secondary N) is 1. The van der Waals surface area contributed by atoms with Crippen molar-refractivity contribution in [2.45, 2.75) is 20.5 Å². The van der Waals surface area contributed by atoms with Crippen LogP contribution in [0, 0.1) is 11.8 Å². The molecule has 18 heavy (non-hydrogen) atoms. The topological polar surface area (TPSA) is 64.3 Å². The first kappa shape index (κ1) is 14.7. The second kappa shape index (κ2) is 7.13. The fourth-order valence-electron chi connectivity index (χ4n) is 1.83. The molecular formula is C14H22N2O2. The fraction of sp³-hybridized carbons (Fsp3) is 0.500. The zero-order chi connectivity index (χ0) is 13.5. The molecule has 0 saturated heterocycles. The van der Waals surface area contributed by atoms with E-state index in [1.807, 2.05) is 38.1 Å². The van der Waals surface area contributed by atoms with Crippen LogP contribution in [0.25, 0.3) is 0 Å². The quantitative estimate of drug-likeness (QED) is 0.811. The highest BCUT2D eigenvalue weighted by Gasteiger charge is 2.21. The van der Waals surface area contributed by atoms with Crippen LogP contribution in [-0.4, -0.2) is 19.6 Å². The van der Waals surface area contributed by atoms with Gasteiger partial charge in [-0.25, -0.2) is 0 Å². The van der Waals surface area contributed by atoms with Gasteiger partial charge in [0, 0.05) is 24.9 Å². The van der Waals surface area contributed by atoms with Crippen LogP contribution in [0.4, 0.5) is 5.69 Å². The van der Waals surface area contributed by atoms with Crippen molar-refractivity contribution < 1.29 is 9.53 Å². The molecule has 100 valence electrons. The number of nitrogens with two attached hydrogens (primary N) is 1. The largest absolute Gasteiger partial charge is 0.380 e. The van der Waals surface area contributed by atoms with Crippen LogP contribution in [0.1, 0.15) is 19.4 Å². The van der Waals surface area contributed by atoms with E-state index in [1.54, 1.807) is 7.11 Å². The first-order chi connectivity index (χ1) is 8.60. The fourth-order valence-corrected chi connectivity index (χ4v) is 1.83. The SMILES string of the molecule is COCc1ccccc1NC(=O)C(CN)C(C)C. The molecule has 3 N–H and O–H groups in total. The normalized spacial score (nSPS) is 12.5. The number of ether oxygens (including phenoxy) is 1. The summed E-state index contributed by atoms with van der Waals surface area (Å²) in [5.74, 6) is 0.0289. The number of methoxy groups -OCH3 is 1. The van der Waals surface area contributed by atoms with Crippen LogP contribution >= 0.6 is 0 Å². The van der Waals surface area contributed by atoms with Gasteiger partial charge in [-0.15, -0.1) is 0 Å². The Kier molecular flexibility index (Phi) is 5.82. The van der Waals surface area contributed by atoms with E-state index in [-0.39, 0.29) is 17.7 Å². The highest BCUT2D eigenvalue weighted by molar-refractivity contribution is 5.93. The zero-order valence-electron chi connectivity index (χ0n) is 11.3. The molecule has 0 bridgehead atoms. The third-order valence-electron chi connectivity index (χ3n) is 2.97. The van der Waals surface area contributed by atoms with Gasteiger partial charge in [0.25, 0.3) is 0 Å². The lowest BCUT2D eigenvalue weighted by molar-refractivity contribution is -0.120. The number of rotatable bonds is 6. The van der Waals surface area contributed by atoms with E-state index in [2.05, 4.69) is 5.32 Å². The van der Waals surface area contributed by atoms with Gasteiger partial charge in [0.1, 0.15) is 0 Å². The lowest BCUT2D eigenvalue weighted by Crippen LogP contribution is -2.33. The van der Waals surface area contributed by atoms with Crippen molar-refractivity contribution in [2.24, 2.45) is 17.6 Å². The molecule has 0 aliphatic rings. The van der Waals surface area contributed by atoms with Crippen molar-refractivity contribution in [3.63, 3.8) is 0 Å². The summed E-state index contributed by atoms with van der Waals surface area (Å²) in [6.07, 6.45) is 0. The average Bonchev–Trinajstić information content (AvgIpc) is 2.32. The van der Waals surface area contributed by atoms with Gasteiger partial charge in [0.2, 0.25) is 5.91 Å². The summed E-state index contributed by atoms with van der Waals surface area (Å²) in [4.78, 5) is 12.1. The van der Waals surface area contributed by atoms with Crippen molar-refractivity contribution in [3.8, 4) is 0 Å². The molecule has 1 aromatic rings. The second-order valence-electron chi connectivity index (χ2n) is 4.67. The lowest BCUT2D eigenvalue weighted by atomic mass is 9.95. The van der Waals surface area contributed by atoms with Crippen molar-refractivity contribution in [1.29, 1.82) is 0 Å². The number of carbonyl (C=O) groups excluding carboxylic acids is 1. The Hall–Kier alpha value is -1.39. The monoisotopic (exact) mass is 250 g/mol. The maximum atomic E-state index is 12.1. The standard InChI is InChI=1S/C14H22N2O2/c1-10(2)12(8-15)14(17)16-13-7-5-4-6-11(13)9-18-3/h4-7,10,12H,8-9,15H2,1-3H3,(H,16,17). The molecule has 0 radical (unpaired) electrons. The van der Waals surface area contributed by atoms with E-state index < -0.39 is 0 Å². The summed E-state index contributed by atoms with van der Waals surface area (Å²) in [7, 11) is 1.63. The van der Waals surface area contributed by atoms with Gasteiger partial charge >= 0.3 is 0 Å². The van der Waals surface area contributed by atoms with E-state index in [0.29, 0.717) is 13.2 Å². The van der Waals surface area contributed by atoms with Gasteiger partial charge in [-0.1, -0.05) is 32.0 Å². The minimum Gasteiger partial charge on any atom is -0.380 e. The Morgan fingerprint density at radius 3 is 2.61 bits per heavy atom. The van der Waals surface area contributed by atoms with E-state index in [1.165, 1.54) is 0 Å². The number of anilines is 1. The van der Waals surface area contributed by atoms with Crippen molar-refractivity contribution >= 4 is 11.6 Å². The van der Waals surface area contributed by atoms with Crippen LogP contribution in [0.2, 0.25) is 0 Å². The summed E-state index contributed by atoms with van der Waals surface area (Å²) in [6.45, 7) is 4.83. The van der Waals surface area contributed by atoms with E-state index >= 15 is 0 Å². The van der Waals surface area contributed by atoms with Crippen LogP contribution in [0.3, 0.4) is 0 Å².